The second-order valence-electron chi connectivity index (χ2n) is 6.06. The Morgan fingerprint density at radius 1 is 1.04 bits per heavy atom. The summed E-state index contributed by atoms with van der Waals surface area (Å²) in [7, 11) is 1.58. The largest absolute Gasteiger partial charge is 0.497 e. The number of hydrogen-bond donors (Lipinski definition) is 1. The van der Waals surface area contributed by atoms with Crippen LogP contribution in [0.15, 0.2) is 48.5 Å². The third kappa shape index (κ3) is 3.50. The monoisotopic (exact) mass is 339 g/mol. The number of amides is 1. The number of hydrogen-bond acceptors (Lipinski definition) is 4. The predicted molar refractivity (Wildman–Crippen MR) is 94.9 cm³/mol. The third-order valence-corrected chi connectivity index (χ3v) is 4.46. The van der Waals surface area contributed by atoms with Gasteiger partial charge in [0, 0.05) is 11.3 Å². The molecule has 0 saturated heterocycles. The van der Waals surface area contributed by atoms with Crippen LogP contribution in [0.4, 0.5) is 5.69 Å². The van der Waals surface area contributed by atoms with Crippen LogP contribution in [0, 0.1) is 0 Å². The van der Waals surface area contributed by atoms with E-state index in [2.05, 4.69) is 5.32 Å². The summed E-state index contributed by atoms with van der Waals surface area (Å²) in [5, 5.41) is 2.85. The van der Waals surface area contributed by atoms with Crippen LogP contribution >= 0.6 is 0 Å². The van der Waals surface area contributed by atoms with E-state index in [9.17, 15) is 9.59 Å². The molecule has 1 aliphatic rings. The van der Waals surface area contributed by atoms with E-state index in [0.717, 1.165) is 18.4 Å². The van der Waals surface area contributed by atoms with Crippen molar-refractivity contribution in [2.75, 3.05) is 19.0 Å². The Balaban J connectivity index is 1.68. The molecular formula is C20H21NO4. The summed E-state index contributed by atoms with van der Waals surface area (Å²) in [6.07, 6.45) is 1.62. The normalized spacial score (nSPS) is 14.5. The average molecular weight is 339 g/mol. The van der Waals surface area contributed by atoms with Crippen LogP contribution in [0.3, 0.4) is 0 Å². The molecular weight excluding hydrogens is 318 g/mol. The minimum absolute atomic E-state index is 0.162. The van der Waals surface area contributed by atoms with Gasteiger partial charge in [-0.1, -0.05) is 12.1 Å². The Labute approximate surface area is 147 Å². The molecule has 0 aromatic heterocycles. The molecule has 130 valence electrons. The number of rotatable bonds is 6. The number of carbonyl (C=O) groups excluding carboxylic acids is 2. The van der Waals surface area contributed by atoms with Crippen LogP contribution < -0.4 is 10.1 Å². The van der Waals surface area contributed by atoms with Crippen LogP contribution in [0.2, 0.25) is 0 Å². The highest BCUT2D eigenvalue weighted by molar-refractivity contribution is 6.04. The molecule has 5 heteroatoms. The minimum atomic E-state index is -0.492. The van der Waals surface area contributed by atoms with E-state index in [1.807, 2.05) is 31.2 Å². The lowest BCUT2D eigenvalue weighted by Crippen LogP contribution is -2.23. The Morgan fingerprint density at radius 2 is 1.68 bits per heavy atom. The first kappa shape index (κ1) is 17.0. The molecule has 1 N–H and O–H groups in total. The summed E-state index contributed by atoms with van der Waals surface area (Å²) in [5.41, 5.74) is 1.68. The molecule has 2 aromatic rings. The van der Waals surface area contributed by atoms with Gasteiger partial charge in [0.2, 0.25) is 0 Å². The summed E-state index contributed by atoms with van der Waals surface area (Å²) in [6, 6.07) is 14.3. The van der Waals surface area contributed by atoms with E-state index >= 15 is 0 Å². The Kier molecular flexibility index (Phi) is 4.74. The van der Waals surface area contributed by atoms with Crippen LogP contribution in [0.25, 0.3) is 0 Å². The van der Waals surface area contributed by atoms with Gasteiger partial charge in [-0.15, -0.1) is 0 Å². The van der Waals surface area contributed by atoms with Gasteiger partial charge in [0.15, 0.2) is 0 Å². The van der Waals surface area contributed by atoms with Gasteiger partial charge >= 0.3 is 5.97 Å². The highest BCUT2D eigenvalue weighted by atomic mass is 16.5. The molecule has 5 nitrogen and oxygen atoms in total. The molecule has 0 unspecified atom stereocenters. The Hall–Kier alpha value is -2.82. The maximum Gasteiger partial charge on any atom is 0.316 e. The fourth-order valence-electron chi connectivity index (χ4n) is 2.82. The lowest BCUT2D eigenvalue weighted by molar-refractivity contribution is -0.146. The first-order chi connectivity index (χ1) is 12.1. The highest BCUT2D eigenvalue weighted by Crippen LogP contribution is 2.49. The maximum atomic E-state index is 12.3. The van der Waals surface area contributed by atoms with E-state index < -0.39 is 5.41 Å². The summed E-state index contributed by atoms with van der Waals surface area (Å²) < 4.78 is 10.3. The molecule has 0 aliphatic heterocycles. The van der Waals surface area contributed by atoms with E-state index in [0.29, 0.717) is 23.6 Å². The molecule has 0 radical (unpaired) electrons. The lowest BCUT2D eigenvalue weighted by atomic mass is 9.96. The van der Waals surface area contributed by atoms with E-state index in [1.165, 1.54) is 0 Å². The number of methoxy groups -OCH3 is 1. The maximum absolute atomic E-state index is 12.3. The molecule has 1 aliphatic carbocycles. The van der Waals surface area contributed by atoms with Gasteiger partial charge in [-0.05, 0) is 61.7 Å². The summed E-state index contributed by atoms with van der Waals surface area (Å²) >= 11 is 0. The Bertz CT molecular complexity index is 761. The van der Waals surface area contributed by atoms with Gasteiger partial charge in [-0.25, -0.2) is 0 Å². The molecule has 0 atom stereocenters. The number of benzene rings is 2. The molecule has 0 heterocycles. The van der Waals surface area contributed by atoms with Crippen molar-refractivity contribution in [1.29, 1.82) is 0 Å². The van der Waals surface area contributed by atoms with Crippen LogP contribution in [0.1, 0.15) is 35.7 Å². The van der Waals surface area contributed by atoms with Gasteiger partial charge in [-0.2, -0.15) is 0 Å². The first-order valence-corrected chi connectivity index (χ1v) is 8.32. The van der Waals surface area contributed by atoms with Crippen LogP contribution in [0.5, 0.6) is 5.75 Å². The molecule has 25 heavy (non-hydrogen) atoms. The zero-order valence-electron chi connectivity index (χ0n) is 14.4. The number of esters is 1. The quantitative estimate of drug-likeness (QED) is 0.818. The molecule has 3 rings (SSSR count). The number of anilines is 1. The van der Waals surface area contributed by atoms with Gasteiger partial charge in [-0.3, -0.25) is 9.59 Å². The second kappa shape index (κ2) is 6.97. The van der Waals surface area contributed by atoms with Gasteiger partial charge in [0.1, 0.15) is 5.75 Å². The van der Waals surface area contributed by atoms with Crippen LogP contribution in [-0.4, -0.2) is 25.6 Å². The summed E-state index contributed by atoms with van der Waals surface area (Å²) in [4.78, 5) is 24.4. The third-order valence-electron chi connectivity index (χ3n) is 4.46. The fraction of sp³-hybridized carbons (Fsp3) is 0.300. The predicted octanol–water partition coefficient (Wildman–Crippen LogP) is 3.54. The molecule has 1 saturated carbocycles. The van der Waals surface area contributed by atoms with Crippen molar-refractivity contribution in [1.82, 2.24) is 0 Å². The smallest absolute Gasteiger partial charge is 0.316 e. The number of carbonyl (C=O) groups is 2. The number of nitrogens with one attached hydrogen (secondary N) is 1. The summed E-state index contributed by atoms with van der Waals surface area (Å²) in [6.45, 7) is 2.20. The van der Waals surface area contributed by atoms with Gasteiger partial charge < -0.3 is 14.8 Å². The van der Waals surface area contributed by atoms with Gasteiger partial charge in [0.25, 0.3) is 5.91 Å². The average Bonchev–Trinajstić information content (AvgIpc) is 3.44. The van der Waals surface area contributed by atoms with Crippen molar-refractivity contribution in [2.45, 2.75) is 25.2 Å². The van der Waals surface area contributed by atoms with Crippen molar-refractivity contribution < 1.29 is 19.1 Å². The molecule has 0 spiro atoms. The second-order valence-corrected chi connectivity index (χ2v) is 6.06. The highest BCUT2D eigenvalue weighted by Gasteiger charge is 2.52. The summed E-state index contributed by atoms with van der Waals surface area (Å²) in [5.74, 6) is 0.349. The SMILES string of the molecule is CCOC(=O)C1(c2ccc(NC(=O)c3ccc(OC)cc3)cc2)CC1. The molecule has 2 aromatic carbocycles. The van der Waals surface area contributed by atoms with Crippen LogP contribution in [-0.2, 0) is 14.9 Å². The zero-order valence-corrected chi connectivity index (χ0v) is 14.4. The van der Waals surface area contributed by atoms with Crippen molar-refractivity contribution in [2.24, 2.45) is 0 Å². The van der Waals surface area contributed by atoms with Crippen molar-refractivity contribution in [3.8, 4) is 5.75 Å². The molecule has 0 bridgehead atoms. The number of ether oxygens (including phenoxy) is 2. The zero-order chi connectivity index (χ0) is 17.9. The first-order valence-electron chi connectivity index (χ1n) is 8.32. The molecule has 1 amide bonds. The minimum Gasteiger partial charge on any atom is -0.497 e. The molecule has 1 fully saturated rings. The Morgan fingerprint density at radius 3 is 2.20 bits per heavy atom. The van der Waals surface area contributed by atoms with Crippen molar-refractivity contribution in [3.05, 3.63) is 59.7 Å². The van der Waals surface area contributed by atoms with E-state index in [-0.39, 0.29) is 11.9 Å². The van der Waals surface area contributed by atoms with Gasteiger partial charge in [0.05, 0.1) is 19.1 Å². The van der Waals surface area contributed by atoms with Crippen molar-refractivity contribution in [3.63, 3.8) is 0 Å². The van der Waals surface area contributed by atoms with E-state index in [4.69, 9.17) is 9.47 Å². The lowest BCUT2D eigenvalue weighted by Gasteiger charge is -2.15. The fourth-order valence-corrected chi connectivity index (χ4v) is 2.82. The van der Waals surface area contributed by atoms with E-state index in [1.54, 1.807) is 31.4 Å². The van der Waals surface area contributed by atoms with Crippen molar-refractivity contribution >= 4 is 17.6 Å². The topological polar surface area (TPSA) is 64.6 Å². The standard InChI is InChI=1S/C20H21NO4/c1-3-25-19(23)20(12-13-20)15-6-8-16(9-7-15)21-18(22)14-4-10-17(24-2)11-5-14/h4-11H,3,12-13H2,1-2H3,(H,21,22).